The van der Waals surface area contributed by atoms with Crippen LogP contribution in [0.15, 0.2) is 48.5 Å². The van der Waals surface area contributed by atoms with Gasteiger partial charge < -0.3 is 14.2 Å². The number of ether oxygens (including phenoxy) is 3. The van der Waals surface area contributed by atoms with Crippen LogP contribution in [-0.2, 0) is 16.0 Å². The fourth-order valence-electron chi connectivity index (χ4n) is 2.15. The Labute approximate surface area is 158 Å². The molecule has 2 aromatic rings. The zero-order chi connectivity index (χ0) is 19.6. The van der Waals surface area contributed by atoms with Gasteiger partial charge in [0.2, 0.25) is 0 Å². The van der Waals surface area contributed by atoms with Crippen molar-refractivity contribution in [3.8, 4) is 17.2 Å². The van der Waals surface area contributed by atoms with Crippen molar-refractivity contribution in [2.45, 2.75) is 26.4 Å². The molecule has 2 N–H and O–H groups in total. The van der Waals surface area contributed by atoms with Crippen molar-refractivity contribution in [1.29, 1.82) is 0 Å². The van der Waals surface area contributed by atoms with E-state index in [9.17, 15) is 9.59 Å². The van der Waals surface area contributed by atoms with Gasteiger partial charge in [0, 0.05) is 0 Å². The predicted molar refractivity (Wildman–Crippen MR) is 101 cm³/mol. The fourth-order valence-corrected chi connectivity index (χ4v) is 2.15. The highest BCUT2D eigenvalue weighted by Crippen LogP contribution is 2.18. The molecule has 0 radical (unpaired) electrons. The highest BCUT2D eigenvalue weighted by atomic mass is 16.5. The van der Waals surface area contributed by atoms with Crippen LogP contribution in [0.3, 0.4) is 0 Å². The van der Waals surface area contributed by atoms with Crippen molar-refractivity contribution >= 4 is 11.8 Å². The number of benzene rings is 2. The van der Waals surface area contributed by atoms with Gasteiger partial charge in [0.05, 0.1) is 7.11 Å². The van der Waals surface area contributed by atoms with Gasteiger partial charge in [-0.05, 0) is 55.3 Å². The molecule has 0 saturated heterocycles. The Morgan fingerprint density at radius 1 is 0.926 bits per heavy atom. The van der Waals surface area contributed by atoms with Crippen LogP contribution in [0.25, 0.3) is 0 Å². The maximum Gasteiger partial charge on any atom is 0.279 e. The Kier molecular flexibility index (Phi) is 7.49. The van der Waals surface area contributed by atoms with Gasteiger partial charge in [-0.15, -0.1) is 0 Å². The van der Waals surface area contributed by atoms with E-state index < -0.39 is 17.9 Å². The third-order valence-corrected chi connectivity index (χ3v) is 3.77. The van der Waals surface area contributed by atoms with E-state index in [0.29, 0.717) is 17.2 Å². The molecule has 2 amide bonds. The summed E-state index contributed by atoms with van der Waals surface area (Å²) in [4.78, 5) is 23.8. The summed E-state index contributed by atoms with van der Waals surface area (Å²) in [5, 5.41) is 0. The number of aryl methyl sites for hydroxylation is 1. The minimum atomic E-state index is -0.791. The quantitative estimate of drug-likeness (QED) is 0.694. The Hall–Kier alpha value is -3.22. The molecule has 0 spiro atoms. The molecule has 7 heteroatoms. The smallest absolute Gasteiger partial charge is 0.279 e. The summed E-state index contributed by atoms with van der Waals surface area (Å²) in [5.74, 6) is 0.843. The molecule has 0 fully saturated rings. The number of carbonyl (C=O) groups excluding carboxylic acids is 2. The molecule has 0 bridgehead atoms. The molecule has 2 rings (SSSR count). The van der Waals surface area contributed by atoms with Crippen LogP contribution in [0.2, 0.25) is 0 Å². The molecule has 1 unspecified atom stereocenters. The number of carbonyl (C=O) groups is 2. The maximum atomic E-state index is 12.0. The zero-order valence-corrected chi connectivity index (χ0v) is 15.7. The van der Waals surface area contributed by atoms with E-state index in [2.05, 4.69) is 17.8 Å². The normalized spacial score (nSPS) is 11.2. The Morgan fingerprint density at radius 2 is 1.52 bits per heavy atom. The lowest BCUT2D eigenvalue weighted by Gasteiger charge is -2.15. The average molecular weight is 372 g/mol. The Balaban J connectivity index is 1.71. The number of hydrogen-bond acceptors (Lipinski definition) is 5. The fraction of sp³-hybridized carbons (Fsp3) is 0.300. The van der Waals surface area contributed by atoms with Crippen molar-refractivity contribution in [2.24, 2.45) is 0 Å². The molecule has 144 valence electrons. The summed E-state index contributed by atoms with van der Waals surface area (Å²) < 4.78 is 15.9. The van der Waals surface area contributed by atoms with Crippen molar-refractivity contribution in [2.75, 3.05) is 13.7 Å². The van der Waals surface area contributed by atoms with Crippen molar-refractivity contribution < 1.29 is 23.8 Å². The summed E-state index contributed by atoms with van der Waals surface area (Å²) in [6, 6.07) is 14.3. The number of hydrazine groups is 1. The molecule has 2 aromatic carbocycles. The van der Waals surface area contributed by atoms with E-state index >= 15 is 0 Å². The molecular formula is C20H24N2O5. The summed E-state index contributed by atoms with van der Waals surface area (Å²) in [5.41, 5.74) is 5.79. The molecular weight excluding hydrogens is 348 g/mol. The van der Waals surface area contributed by atoms with Crippen LogP contribution in [0, 0.1) is 0 Å². The first-order valence-electron chi connectivity index (χ1n) is 8.63. The number of hydrogen-bond donors (Lipinski definition) is 2. The average Bonchev–Trinajstić information content (AvgIpc) is 2.71. The lowest BCUT2D eigenvalue weighted by atomic mass is 10.2. The minimum absolute atomic E-state index is 0.209. The molecule has 7 nitrogen and oxygen atoms in total. The molecule has 0 aromatic heterocycles. The Morgan fingerprint density at radius 3 is 2.11 bits per heavy atom. The highest BCUT2D eigenvalue weighted by Gasteiger charge is 2.15. The van der Waals surface area contributed by atoms with Gasteiger partial charge in [-0.1, -0.05) is 19.1 Å². The molecule has 27 heavy (non-hydrogen) atoms. The third kappa shape index (κ3) is 6.54. The SMILES string of the molecule is CCc1ccc(OCC(=O)NNC(=O)C(C)Oc2ccc(OC)cc2)cc1. The topological polar surface area (TPSA) is 85.9 Å². The van der Waals surface area contributed by atoms with Gasteiger partial charge in [0.25, 0.3) is 11.8 Å². The van der Waals surface area contributed by atoms with E-state index in [0.717, 1.165) is 6.42 Å². The third-order valence-electron chi connectivity index (χ3n) is 3.77. The molecule has 0 aliphatic rings. The lowest BCUT2D eigenvalue weighted by molar-refractivity contribution is -0.133. The van der Waals surface area contributed by atoms with Gasteiger partial charge in [0.15, 0.2) is 12.7 Å². The summed E-state index contributed by atoms with van der Waals surface area (Å²) in [6.07, 6.45) is 0.144. The molecule has 1 atom stereocenters. The van der Waals surface area contributed by atoms with E-state index in [-0.39, 0.29) is 6.61 Å². The standard InChI is InChI=1S/C20H24N2O5/c1-4-15-5-7-17(8-6-15)26-13-19(23)21-22-20(24)14(2)27-18-11-9-16(25-3)10-12-18/h5-12,14H,4,13H2,1-3H3,(H,21,23)(H,22,24). The summed E-state index contributed by atoms with van der Waals surface area (Å²) in [7, 11) is 1.57. The monoisotopic (exact) mass is 372 g/mol. The first-order chi connectivity index (χ1) is 13.0. The van der Waals surface area contributed by atoms with E-state index in [4.69, 9.17) is 14.2 Å². The van der Waals surface area contributed by atoms with Crippen molar-refractivity contribution in [1.82, 2.24) is 10.9 Å². The molecule has 0 heterocycles. The van der Waals surface area contributed by atoms with Crippen LogP contribution in [-0.4, -0.2) is 31.6 Å². The second-order valence-electron chi connectivity index (χ2n) is 5.76. The number of amides is 2. The molecule has 0 saturated carbocycles. The first kappa shape index (κ1) is 20.1. The van der Waals surface area contributed by atoms with Crippen molar-refractivity contribution in [3.63, 3.8) is 0 Å². The number of methoxy groups -OCH3 is 1. The van der Waals surface area contributed by atoms with Gasteiger partial charge in [-0.2, -0.15) is 0 Å². The van der Waals surface area contributed by atoms with Crippen LogP contribution < -0.4 is 25.1 Å². The van der Waals surface area contributed by atoms with E-state index in [1.807, 2.05) is 12.1 Å². The number of rotatable bonds is 8. The van der Waals surface area contributed by atoms with Crippen LogP contribution >= 0.6 is 0 Å². The summed E-state index contributed by atoms with van der Waals surface area (Å²) in [6.45, 7) is 3.43. The van der Waals surface area contributed by atoms with Gasteiger partial charge in [0.1, 0.15) is 17.2 Å². The lowest BCUT2D eigenvalue weighted by Crippen LogP contribution is -2.48. The van der Waals surface area contributed by atoms with Crippen LogP contribution in [0.4, 0.5) is 0 Å². The minimum Gasteiger partial charge on any atom is -0.497 e. The summed E-state index contributed by atoms with van der Waals surface area (Å²) >= 11 is 0. The van der Waals surface area contributed by atoms with Gasteiger partial charge in [-0.3, -0.25) is 20.4 Å². The molecule has 0 aliphatic carbocycles. The van der Waals surface area contributed by atoms with Crippen LogP contribution in [0.1, 0.15) is 19.4 Å². The molecule has 0 aliphatic heterocycles. The second kappa shape index (κ2) is 10.1. The van der Waals surface area contributed by atoms with Gasteiger partial charge in [-0.25, -0.2) is 0 Å². The van der Waals surface area contributed by atoms with E-state index in [1.165, 1.54) is 5.56 Å². The highest BCUT2D eigenvalue weighted by molar-refractivity contribution is 5.85. The van der Waals surface area contributed by atoms with E-state index in [1.54, 1.807) is 50.4 Å². The first-order valence-corrected chi connectivity index (χ1v) is 8.63. The zero-order valence-electron chi connectivity index (χ0n) is 15.7. The maximum absolute atomic E-state index is 12.0. The Bertz CT molecular complexity index is 744. The largest absolute Gasteiger partial charge is 0.497 e. The second-order valence-corrected chi connectivity index (χ2v) is 5.76. The predicted octanol–water partition coefficient (Wildman–Crippen LogP) is 2.25. The van der Waals surface area contributed by atoms with Crippen LogP contribution in [0.5, 0.6) is 17.2 Å². The van der Waals surface area contributed by atoms with Crippen molar-refractivity contribution in [3.05, 3.63) is 54.1 Å². The van der Waals surface area contributed by atoms with Gasteiger partial charge >= 0.3 is 0 Å². The number of nitrogens with one attached hydrogen (secondary N) is 2.